The van der Waals surface area contributed by atoms with E-state index < -0.39 is 5.97 Å². The minimum Gasteiger partial charge on any atom is -0.481 e. The van der Waals surface area contributed by atoms with E-state index in [4.69, 9.17) is 5.11 Å². The molecule has 5 heteroatoms. The molecule has 1 atom stereocenters. The fraction of sp³-hybridized carbons (Fsp3) is 0.579. The van der Waals surface area contributed by atoms with Crippen molar-refractivity contribution in [1.82, 2.24) is 10.2 Å². The Balaban J connectivity index is 1.99. The van der Waals surface area contributed by atoms with Crippen molar-refractivity contribution in [3.8, 4) is 0 Å². The molecule has 1 aliphatic rings. The summed E-state index contributed by atoms with van der Waals surface area (Å²) in [6, 6.07) is 8.24. The highest BCUT2D eigenvalue weighted by Crippen LogP contribution is 2.24. The first-order valence-electron chi connectivity index (χ1n) is 8.79. The Hall–Kier alpha value is -2.04. The number of nitrogens with zero attached hydrogens (tertiary/aromatic N) is 1. The van der Waals surface area contributed by atoms with E-state index in [2.05, 4.69) is 50.4 Å². The lowest BCUT2D eigenvalue weighted by molar-refractivity contribution is -0.143. The van der Waals surface area contributed by atoms with Gasteiger partial charge < -0.3 is 15.3 Å². The summed E-state index contributed by atoms with van der Waals surface area (Å²) in [7, 11) is 0. The highest BCUT2D eigenvalue weighted by molar-refractivity contribution is 5.76. The zero-order chi connectivity index (χ0) is 17.7. The van der Waals surface area contributed by atoms with Gasteiger partial charge in [0.2, 0.25) is 0 Å². The molecule has 1 aromatic carbocycles. The minimum absolute atomic E-state index is 0.0411. The number of carbonyl (C=O) groups is 2. The number of benzene rings is 1. The maximum Gasteiger partial charge on any atom is 0.317 e. The van der Waals surface area contributed by atoms with Crippen molar-refractivity contribution in [2.75, 3.05) is 13.1 Å². The van der Waals surface area contributed by atoms with Gasteiger partial charge in [0.1, 0.15) is 0 Å². The summed E-state index contributed by atoms with van der Waals surface area (Å²) in [4.78, 5) is 25.3. The van der Waals surface area contributed by atoms with Gasteiger partial charge >= 0.3 is 12.0 Å². The topological polar surface area (TPSA) is 69.6 Å². The zero-order valence-corrected chi connectivity index (χ0v) is 14.8. The molecule has 0 spiro atoms. The normalized spacial score (nSPS) is 16.9. The third-order valence-electron chi connectivity index (χ3n) is 4.82. The summed E-state index contributed by atoms with van der Waals surface area (Å²) >= 11 is 0. The lowest BCUT2D eigenvalue weighted by atomic mass is 9.94. The second-order valence-corrected chi connectivity index (χ2v) is 6.87. The molecular weight excluding hydrogens is 304 g/mol. The molecule has 0 radical (unpaired) electrons. The number of aliphatic carboxylic acids is 1. The fourth-order valence-corrected chi connectivity index (χ4v) is 3.15. The summed E-state index contributed by atoms with van der Waals surface area (Å²) in [5.41, 5.74) is 2.39. The van der Waals surface area contributed by atoms with E-state index in [0.717, 1.165) is 12.0 Å². The van der Waals surface area contributed by atoms with Crippen LogP contribution in [0.3, 0.4) is 0 Å². The van der Waals surface area contributed by atoms with E-state index in [0.29, 0.717) is 25.9 Å². The number of amides is 2. The molecule has 2 N–H and O–H groups in total. The van der Waals surface area contributed by atoms with Crippen LogP contribution in [0.1, 0.15) is 50.8 Å². The van der Waals surface area contributed by atoms with Crippen LogP contribution in [-0.2, 0) is 11.2 Å². The average molecular weight is 332 g/mol. The number of carboxylic acids is 1. The molecule has 0 saturated carbocycles. The number of aryl methyl sites for hydroxylation is 1. The summed E-state index contributed by atoms with van der Waals surface area (Å²) in [6.07, 6.45) is 2.05. The van der Waals surface area contributed by atoms with Crippen molar-refractivity contribution in [2.45, 2.75) is 46.1 Å². The number of piperidine rings is 1. The number of urea groups is 1. The van der Waals surface area contributed by atoms with E-state index in [1.807, 2.05) is 0 Å². The molecule has 0 aromatic heterocycles. The standard InChI is InChI=1S/C19H28N2O3/c1-4-14-5-7-15(8-6-14)17(13(2)3)20-19(24)21-11-9-16(10-12-21)18(22)23/h5-8,13,16-17H,4,9-12H2,1-3H3,(H,20,24)(H,22,23). The number of likely N-dealkylation sites (tertiary alicyclic amines) is 1. The molecule has 132 valence electrons. The zero-order valence-electron chi connectivity index (χ0n) is 14.8. The van der Waals surface area contributed by atoms with Crippen LogP contribution >= 0.6 is 0 Å². The van der Waals surface area contributed by atoms with E-state index in [-0.39, 0.29) is 23.9 Å². The van der Waals surface area contributed by atoms with Gasteiger partial charge in [-0.05, 0) is 36.3 Å². The Bertz CT molecular complexity index is 560. The lowest BCUT2D eigenvalue weighted by Gasteiger charge is -2.33. The van der Waals surface area contributed by atoms with Gasteiger partial charge in [0, 0.05) is 13.1 Å². The maximum atomic E-state index is 12.6. The van der Waals surface area contributed by atoms with Gasteiger partial charge in [0.05, 0.1) is 12.0 Å². The second kappa shape index (κ2) is 8.18. The Morgan fingerprint density at radius 2 is 1.79 bits per heavy atom. The summed E-state index contributed by atoms with van der Waals surface area (Å²) in [5, 5.41) is 12.2. The number of hydrogen-bond acceptors (Lipinski definition) is 2. The van der Waals surface area contributed by atoms with Crippen LogP contribution in [0.25, 0.3) is 0 Å². The smallest absolute Gasteiger partial charge is 0.317 e. The Labute approximate surface area is 144 Å². The minimum atomic E-state index is -0.758. The number of hydrogen-bond donors (Lipinski definition) is 2. The number of nitrogens with one attached hydrogen (secondary N) is 1. The van der Waals surface area contributed by atoms with Gasteiger partial charge in [-0.2, -0.15) is 0 Å². The van der Waals surface area contributed by atoms with E-state index in [1.165, 1.54) is 5.56 Å². The molecule has 0 aliphatic carbocycles. The highest BCUT2D eigenvalue weighted by atomic mass is 16.4. The van der Waals surface area contributed by atoms with Crippen molar-refractivity contribution in [3.63, 3.8) is 0 Å². The number of carboxylic acid groups (broad SMARTS) is 1. The van der Waals surface area contributed by atoms with Crippen LogP contribution in [0.5, 0.6) is 0 Å². The van der Waals surface area contributed by atoms with Gasteiger partial charge in [-0.1, -0.05) is 45.0 Å². The van der Waals surface area contributed by atoms with Crippen molar-refractivity contribution < 1.29 is 14.7 Å². The van der Waals surface area contributed by atoms with Gasteiger partial charge in [-0.3, -0.25) is 4.79 Å². The quantitative estimate of drug-likeness (QED) is 0.867. The van der Waals surface area contributed by atoms with Gasteiger partial charge in [-0.25, -0.2) is 4.79 Å². The summed E-state index contributed by atoms with van der Waals surface area (Å²) < 4.78 is 0. The van der Waals surface area contributed by atoms with Crippen LogP contribution in [0.15, 0.2) is 24.3 Å². The molecule has 0 bridgehead atoms. The molecule has 5 nitrogen and oxygen atoms in total. The molecule has 1 heterocycles. The average Bonchev–Trinajstić information content (AvgIpc) is 2.59. The predicted octanol–water partition coefficient (Wildman–Crippen LogP) is 3.45. The molecule has 1 unspecified atom stereocenters. The third kappa shape index (κ3) is 4.49. The SMILES string of the molecule is CCc1ccc(C(NC(=O)N2CCC(C(=O)O)CC2)C(C)C)cc1. The Kier molecular flexibility index (Phi) is 6.23. The molecule has 2 amide bonds. The van der Waals surface area contributed by atoms with Gasteiger partial charge in [-0.15, -0.1) is 0 Å². The molecular formula is C19H28N2O3. The first-order chi connectivity index (χ1) is 11.4. The predicted molar refractivity (Wildman–Crippen MR) is 93.9 cm³/mol. The third-order valence-corrected chi connectivity index (χ3v) is 4.82. The molecule has 1 saturated heterocycles. The van der Waals surface area contributed by atoms with Crippen molar-refractivity contribution in [3.05, 3.63) is 35.4 Å². The van der Waals surface area contributed by atoms with E-state index in [9.17, 15) is 9.59 Å². The summed E-state index contributed by atoms with van der Waals surface area (Å²) in [5.74, 6) is -0.805. The second-order valence-electron chi connectivity index (χ2n) is 6.87. The van der Waals surface area contributed by atoms with Crippen LogP contribution in [0.4, 0.5) is 4.79 Å². The summed E-state index contributed by atoms with van der Waals surface area (Å²) in [6.45, 7) is 7.31. The largest absolute Gasteiger partial charge is 0.481 e. The van der Waals surface area contributed by atoms with Crippen molar-refractivity contribution in [1.29, 1.82) is 0 Å². The van der Waals surface area contributed by atoms with Crippen molar-refractivity contribution in [2.24, 2.45) is 11.8 Å². The molecule has 2 rings (SSSR count). The van der Waals surface area contributed by atoms with Crippen LogP contribution < -0.4 is 5.32 Å². The fourth-order valence-electron chi connectivity index (χ4n) is 3.15. The molecule has 1 fully saturated rings. The highest BCUT2D eigenvalue weighted by Gasteiger charge is 2.28. The molecule has 1 aromatic rings. The first-order valence-corrected chi connectivity index (χ1v) is 8.79. The lowest BCUT2D eigenvalue weighted by Crippen LogP contribution is -2.47. The monoisotopic (exact) mass is 332 g/mol. The van der Waals surface area contributed by atoms with Crippen LogP contribution in [0, 0.1) is 11.8 Å². The number of carbonyl (C=O) groups excluding carboxylic acids is 1. The van der Waals surface area contributed by atoms with E-state index in [1.54, 1.807) is 4.90 Å². The molecule has 24 heavy (non-hydrogen) atoms. The first kappa shape index (κ1) is 18.3. The number of rotatable bonds is 5. The van der Waals surface area contributed by atoms with Crippen molar-refractivity contribution >= 4 is 12.0 Å². The Morgan fingerprint density at radius 3 is 2.25 bits per heavy atom. The van der Waals surface area contributed by atoms with E-state index >= 15 is 0 Å². The van der Waals surface area contributed by atoms with Gasteiger partial charge in [0.15, 0.2) is 0 Å². The van der Waals surface area contributed by atoms with Crippen LogP contribution in [-0.4, -0.2) is 35.1 Å². The Morgan fingerprint density at radius 1 is 1.21 bits per heavy atom. The molecule has 1 aliphatic heterocycles. The van der Waals surface area contributed by atoms with Crippen LogP contribution in [0.2, 0.25) is 0 Å². The van der Waals surface area contributed by atoms with Gasteiger partial charge in [0.25, 0.3) is 0 Å². The maximum absolute atomic E-state index is 12.6.